The van der Waals surface area contributed by atoms with E-state index in [1.807, 2.05) is 0 Å². The van der Waals surface area contributed by atoms with Crippen LogP contribution >= 0.6 is 0 Å². The molecule has 0 N–H and O–H groups in total. The summed E-state index contributed by atoms with van der Waals surface area (Å²) in [6, 6.07) is 0. The molecule has 1 atom stereocenters. The first kappa shape index (κ1) is 64.6. The monoisotopic (exact) mass is 947 g/mol. The predicted molar refractivity (Wildman–Crippen MR) is 293 cm³/mol. The summed E-state index contributed by atoms with van der Waals surface area (Å²) in [6.07, 6.45) is 72.8. The van der Waals surface area contributed by atoms with Gasteiger partial charge in [-0.15, -0.1) is 0 Å². The highest BCUT2D eigenvalue weighted by Crippen LogP contribution is 2.15. The van der Waals surface area contributed by atoms with E-state index < -0.39 is 6.10 Å². The van der Waals surface area contributed by atoms with Crippen molar-refractivity contribution in [1.29, 1.82) is 0 Å². The zero-order chi connectivity index (χ0) is 49.3. The zero-order valence-corrected chi connectivity index (χ0v) is 44.6. The molecule has 0 amide bonds. The Kier molecular flexibility index (Phi) is 53.4. The standard InChI is InChI=1S/C62H106O6/c1-4-7-10-13-16-19-22-25-27-28-29-30-31-32-33-34-36-37-40-43-46-49-52-55-61(64)67-58-59(57-66-60(63)54-51-48-45-42-39-24-21-18-15-12-9-6-3)68-62(65)56-53-50-47-44-41-38-35-26-23-20-17-14-11-8-5-2/h7,10,16,19,25-27,29-30,32-33,35-37,59H,4-6,8-9,11-15,17-18,20-24,28,31,34,38-58H2,1-3H3/b10-7-,19-16-,27-25-,30-29-,33-32-,35-26-,37-36-. The Morgan fingerprint density at radius 3 is 0.912 bits per heavy atom. The molecule has 6 nitrogen and oxygen atoms in total. The third-order valence-electron chi connectivity index (χ3n) is 12.1. The SMILES string of the molecule is CC/C=C\C/C=C\C/C=C\C/C=C\C/C=C\C/C=C\CCCCCCC(=O)OCC(COC(=O)CCCCCCCCCCCCCC)OC(=O)CCCCCCC/C=C\CCCCCCCC. The van der Waals surface area contributed by atoms with Gasteiger partial charge in [-0.25, -0.2) is 0 Å². The molecule has 0 aromatic rings. The Bertz CT molecular complexity index is 1320. The number of allylic oxidation sites excluding steroid dienone is 14. The van der Waals surface area contributed by atoms with Gasteiger partial charge in [0.05, 0.1) is 0 Å². The van der Waals surface area contributed by atoms with Crippen LogP contribution in [-0.4, -0.2) is 37.2 Å². The summed E-state index contributed by atoms with van der Waals surface area (Å²) in [4.78, 5) is 38.1. The molecule has 0 radical (unpaired) electrons. The van der Waals surface area contributed by atoms with E-state index in [-0.39, 0.29) is 31.1 Å². The van der Waals surface area contributed by atoms with Crippen molar-refractivity contribution in [2.75, 3.05) is 13.2 Å². The molecule has 390 valence electrons. The zero-order valence-electron chi connectivity index (χ0n) is 44.6. The second kappa shape index (κ2) is 56.2. The van der Waals surface area contributed by atoms with Crippen molar-refractivity contribution in [3.63, 3.8) is 0 Å². The maximum atomic E-state index is 12.8. The maximum Gasteiger partial charge on any atom is 0.306 e. The van der Waals surface area contributed by atoms with E-state index >= 15 is 0 Å². The fourth-order valence-electron chi connectivity index (χ4n) is 7.85. The van der Waals surface area contributed by atoms with Crippen LogP contribution in [0, 0.1) is 0 Å². The topological polar surface area (TPSA) is 78.9 Å². The van der Waals surface area contributed by atoms with Crippen molar-refractivity contribution < 1.29 is 28.6 Å². The van der Waals surface area contributed by atoms with Crippen molar-refractivity contribution in [2.24, 2.45) is 0 Å². The molecule has 0 spiro atoms. The summed E-state index contributed by atoms with van der Waals surface area (Å²) in [6.45, 7) is 6.50. The lowest BCUT2D eigenvalue weighted by atomic mass is 10.0. The molecule has 0 aliphatic heterocycles. The molecule has 0 aromatic carbocycles. The first-order valence-corrected chi connectivity index (χ1v) is 28.6. The summed E-state index contributed by atoms with van der Waals surface area (Å²) in [5.74, 6) is -0.915. The summed E-state index contributed by atoms with van der Waals surface area (Å²) in [7, 11) is 0. The third-order valence-corrected chi connectivity index (χ3v) is 12.1. The molecule has 0 fully saturated rings. The van der Waals surface area contributed by atoms with E-state index in [9.17, 15) is 14.4 Å². The highest BCUT2D eigenvalue weighted by atomic mass is 16.6. The van der Waals surface area contributed by atoms with Gasteiger partial charge in [0.2, 0.25) is 0 Å². The van der Waals surface area contributed by atoms with Gasteiger partial charge < -0.3 is 14.2 Å². The molecule has 0 aromatic heterocycles. The van der Waals surface area contributed by atoms with Gasteiger partial charge in [-0.3, -0.25) is 14.4 Å². The Labute approximate surface area is 420 Å². The Morgan fingerprint density at radius 2 is 0.574 bits per heavy atom. The van der Waals surface area contributed by atoms with Gasteiger partial charge in [-0.1, -0.05) is 241 Å². The highest BCUT2D eigenvalue weighted by molar-refractivity contribution is 5.71. The fourth-order valence-corrected chi connectivity index (χ4v) is 7.85. The quantitative estimate of drug-likeness (QED) is 0.0262. The molecule has 0 rings (SSSR count). The Morgan fingerprint density at radius 1 is 0.309 bits per heavy atom. The minimum atomic E-state index is -0.790. The second-order valence-electron chi connectivity index (χ2n) is 18.8. The van der Waals surface area contributed by atoms with Gasteiger partial charge in [0.15, 0.2) is 6.10 Å². The molecule has 1 unspecified atom stereocenters. The van der Waals surface area contributed by atoms with E-state index in [0.29, 0.717) is 19.3 Å². The number of unbranched alkanes of at least 4 members (excludes halogenated alkanes) is 26. The lowest BCUT2D eigenvalue weighted by Crippen LogP contribution is -2.30. The number of ether oxygens (including phenoxy) is 3. The van der Waals surface area contributed by atoms with Gasteiger partial charge in [0.25, 0.3) is 0 Å². The maximum absolute atomic E-state index is 12.8. The molecule has 0 aliphatic rings. The van der Waals surface area contributed by atoms with Crippen LogP contribution in [-0.2, 0) is 28.6 Å². The molecule has 0 saturated carbocycles. The molecule has 0 bridgehead atoms. The average Bonchev–Trinajstić information content (AvgIpc) is 3.34. The van der Waals surface area contributed by atoms with Crippen LogP contribution in [0.3, 0.4) is 0 Å². The van der Waals surface area contributed by atoms with Gasteiger partial charge in [0, 0.05) is 19.3 Å². The van der Waals surface area contributed by atoms with Crippen LogP contribution in [0.2, 0.25) is 0 Å². The summed E-state index contributed by atoms with van der Waals surface area (Å²) >= 11 is 0. The number of esters is 3. The molecule has 0 saturated heterocycles. The van der Waals surface area contributed by atoms with Crippen LogP contribution in [0.15, 0.2) is 85.1 Å². The minimum absolute atomic E-state index is 0.0862. The van der Waals surface area contributed by atoms with Crippen molar-refractivity contribution in [1.82, 2.24) is 0 Å². The average molecular weight is 948 g/mol. The summed E-state index contributed by atoms with van der Waals surface area (Å²) < 4.78 is 16.8. The van der Waals surface area contributed by atoms with Crippen LogP contribution in [0.1, 0.15) is 271 Å². The molecular weight excluding hydrogens is 841 g/mol. The number of carbonyl (C=O) groups excluding carboxylic acids is 3. The molecule has 0 aliphatic carbocycles. The second-order valence-corrected chi connectivity index (χ2v) is 18.8. The number of hydrogen-bond donors (Lipinski definition) is 0. The fraction of sp³-hybridized carbons (Fsp3) is 0.726. The summed E-state index contributed by atoms with van der Waals surface area (Å²) in [5, 5.41) is 0. The van der Waals surface area contributed by atoms with Gasteiger partial charge in [-0.2, -0.15) is 0 Å². The molecule has 6 heteroatoms. The predicted octanol–water partition coefficient (Wildman–Crippen LogP) is 19.2. The van der Waals surface area contributed by atoms with Crippen LogP contribution in [0.4, 0.5) is 0 Å². The van der Waals surface area contributed by atoms with E-state index in [2.05, 4.69) is 106 Å². The van der Waals surface area contributed by atoms with E-state index in [1.54, 1.807) is 0 Å². The van der Waals surface area contributed by atoms with Crippen molar-refractivity contribution in [3.8, 4) is 0 Å². The highest BCUT2D eigenvalue weighted by Gasteiger charge is 2.19. The third kappa shape index (κ3) is 53.5. The Hall–Kier alpha value is -3.41. The van der Waals surface area contributed by atoms with Crippen molar-refractivity contribution >= 4 is 17.9 Å². The van der Waals surface area contributed by atoms with Crippen molar-refractivity contribution in [3.05, 3.63) is 85.1 Å². The van der Waals surface area contributed by atoms with Gasteiger partial charge in [0.1, 0.15) is 13.2 Å². The minimum Gasteiger partial charge on any atom is -0.462 e. The van der Waals surface area contributed by atoms with Gasteiger partial charge in [-0.05, 0) is 96.3 Å². The lowest BCUT2D eigenvalue weighted by Gasteiger charge is -2.18. The molecule has 0 heterocycles. The normalized spacial score (nSPS) is 12.7. The lowest BCUT2D eigenvalue weighted by molar-refractivity contribution is -0.167. The van der Waals surface area contributed by atoms with Crippen LogP contribution in [0.25, 0.3) is 0 Å². The number of carbonyl (C=O) groups is 3. The largest absolute Gasteiger partial charge is 0.462 e. The van der Waals surface area contributed by atoms with Crippen LogP contribution in [0.5, 0.6) is 0 Å². The van der Waals surface area contributed by atoms with E-state index in [4.69, 9.17) is 14.2 Å². The molecule has 68 heavy (non-hydrogen) atoms. The van der Waals surface area contributed by atoms with Gasteiger partial charge >= 0.3 is 17.9 Å². The number of rotatable bonds is 51. The molecular formula is C62H106O6. The first-order chi connectivity index (χ1) is 33.5. The van der Waals surface area contributed by atoms with E-state index in [0.717, 1.165) is 122 Å². The van der Waals surface area contributed by atoms with Crippen LogP contribution < -0.4 is 0 Å². The summed E-state index contributed by atoms with van der Waals surface area (Å²) in [5.41, 5.74) is 0. The first-order valence-electron chi connectivity index (χ1n) is 28.6. The van der Waals surface area contributed by atoms with E-state index in [1.165, 1.54) is 109 Å². The van der Waals surface area contributed by atoms with Crippen molar-refractivity contribution in [2.45, 2.75) is 277 Å². The smallest absolute Gasteiger partial charge is 0.306 e. The Balaban J connectivity index is 4.40. The number of hydrogen-bond acceptors (Lipinski definition) is 6.